The summed E-state index contributed by atoms with van der Waals surface area (Å²) in [5, 5.41) is 6.28. The van der Waals surface area contributed by atoms with Gasteiger partial charge < -0.3 is 9.32 Å². The molecule has 1 fully saturated rings. The first-order chi connectivity index (χ1) is 16.2. The number of nitrogens with zero attached hydrogens (tertiary/aromatic N) is 4. The Kier molecular flexibility index (Phi) is 6.60. The predicted octanol–water partition coefficient (Wildman–Crippen LogP) is 4.69. The predicted molar refractivity (Wildman–Crippen MR) is 119 cm³/mol. The fraction of sp³-hybridized carbons (Fsp3) is 0.318. The van der Waals surface area contributed by atoms with Crippen molar-refractivity contribution in [3.63, 3.8) is 0 Å². The summed E-state index contributed by atoms with van der Waals surface area (Å²) in [6.45, 7) is 1.90. The normalized spacial score (nSPS) is 20.5. The van der Waals surface area contributed by atoms with Crippen LogP contribution in [0.2, 0.25) is 0 Å². The highest BCUT2D eigenvalue weighted by Crippen LogP contribution is 2.27. The summed E-state index contributed by atoms with van der Waals surface area (Å²) in [5.74, 6) is -1.69. The van der Waals surface area contributed by atoms with Crippen molar-refractivity contribution in [1.82, 2.24) is 15.1 Å². The maximum atomic E-state index is 15.0. The van der Waals surface area contributed by atoms with E-state index in [1.807, 2.05) is 0 Å². The molecule has 0 radical (unpaired) electrons. The number of carbonyl (C=O) groups is 1. The lowest BCUT2D eigenvalue weighted by Gasteiger charge is -2.36. The number of anilines is 1. The number of urea groups is 1. The first-order valence-electron chi connectivity index (χ1n) is 10.4. The lowest BCUT2D eigenvalue weighted by molar-refractivity contribution is 0.116. The number of rotatable bonds is 5. The van der Waals surface area contributed by atoms with E-state index in [4.69, 9.17) is 9.20 Å². The molecule has 2 aromatic carbocycles. The second kappa shape index (κ2) is 9.45. The number of amides is 2. The molecule has 0 aliphatic carbocycles. The maximum absolute atomic E-state index is 15.0. The molecule has 0 bridgehead atoms. The highest BCUT2D eigenvalue weighted by atomic mass is 32.2. The van der Waals surface area contributed by atoms with Crippen molar-refractivity contribution in [1.29, 1.82) is 4.78 Å². The van der Waals surface area contributed by atoms with Crippen LogP contribution in [0.25, 0.3) is 11.5 Å². The molecular formula is C22H22F3N5O3S. The minimum atomic E-state index is -2.93. The maximum Gasteiger partial charge on any atom is 0.324 e. The van der Waals surface area contributed by atoms with Crippen molar-refractivity contribution in [2.75, 3.05) is 23.7 Å². The first-order valence-corrected chi connectivity index (χ1v) is 12.2. The van der Waals surface area contributed by atoms with E-state index in [0.717, 1.165) is 6.07 Å². The van der Waals surface area contributed by atoms with E-state index in [1.54, 1.807) is 37.3 Å². The van der Waals surface area contributed by atoms with E-state index >= 15 is 0 Å². The molecule has 1 aliphatic rings. The standard InChI is InChI=1S/C22H22F3N5O3S/c1-14-12-29(9-10-34(14,26)32)22(31)30(17-5-3-2-4-6-17)13-16-8-7-15(11-18(16)23)20-27-28-21(33-20)19(24)25/h2-8,11,14,19,26H,9-10,12-13H2,1H3. The zero-order valence-electron chi connectivity index (χ0n) is 18.2. The Hall–Kier alpha value is -3.41. The Morgan fingerprint density at radius 1 is 1.26 bits per heavy atom. The molecule has 12 heteroatoms. The molecule has 1 aromatic heterocycles. The Balaban J connectivity index is 1.60. The van der Waals surface area contributed by atoms with Crippen LogP contribution in [0.15, 0.2) is 52.9 Å². The van der Waals surface area contributed by atoms with Crippen molar-refractivity contribution in [3.05, 3.63) is 65.8 Å². The van der Waals surface area contributed by atoms with Gasteiger partial charge >= 0.3 is 12.5 Å². The summed E-state index contributed by atoms with van der Waals surface area (Å²) < 4.78 is 65.5. The van der Waals surface area contributed by atoms with Crippen LogP contribution >= 0.6 is 0 Å². The quantitative estimate of drug-likeness (QED) is 0.555. The second-order valence-electron chi connectivity index (χ2n) is 7.94. The number of benzene rings is 2. The van der Waals surface area contributed by atoms with E-state index < -0.39 is 39.1 Å². The first kappa shape index (κ1) is 23.7. The summed E-state index contributed by atoms with van der Waals surface area (Å²) in [5.41, 5.74) is 0.858. The summed E-state index contributed by atoms with van der Waals surface area (Å²) in [6.07, 6.45) is -2.93. The van der Waals surface area contributed by atoms with Crippen molar-refractivity contribution < 1.29 is 26.6 Å². The summed E-state index contributed by atoms with van der Waals surface area (Å²) >= 11 is 0. The van der Waals surface area contributed by atoms with Crippen molar-refractivity contribution in [3.8, 4) is 11.5 Å². The van der Waals surface area contributed by atoms with Gasteiger partial charge in [-0.15, -0.1) is 10.2 Å². The molecule has 1 aliphatic heterocycles. The summed E-state index contributed by atoms with van der Waals surface area (Å²) in [4.78, 5) is 16.3. The third kappa shape index (κ3) is 4.91. The van der Waals surface area contributed by atoms with Gasteiger partial charge in [0.1, 0.15) is 5.82 Å². The number of nitrogens with one attached hydrogen (secondary N) is 1. The SMILES string of the molecule is CC1CN(C(=O)N(Cc2ccc(-c3nnc(C(F)F)o3)cc2F)c2ccccc2)CCS1(=N)=O. The van der Waals surface area contributed by atoms with Crippen LogP contribution in [-0.4, -0.2) is 49.4 Å². The third-order valence-electron chi connectivity index (χ3n) is 5.62. The Morgan fingerprint density at radius 2 is 2.00 bits per heavy atom. The van der Waals surface area contributed by atoms with E-state index in [9.17, 15) is 22.2 Å². The Bertz CT molecular complexity index is 1280. The molecule has 2 atom stereocenters. The van der Waals surface area contributed by atoms with Crippen LogP contribution in [0.1, 0.15) is 24.8 Å². The molecule has 2 heterocycles. The van der Waals surface area contributed by atoms with Crippen LogP contribution in [-0.2, 0) is 16.3 Å². The van der Waals surface area contributed by atoms with Gasteiger partial charge in [-0.1, -0.05) is 24.3 Å². The van der Waals surface area contributed by atoms with Crippen LogP contribution in [0.5, 0.6) is 0 Å². The third-order valence-corrected chi connectivity index (χ3v) is 7.86. The Morgan fingerprint density at radius 3 is 2.62 bits per heavy atom. The van der Waals surface area contributed by atoms with Gasteiger partial charge in [-0.2, -0.15) is 8.78 Å². The van der Waals surface area contributed by atoms with E-state index in [-0.39, 0.29) is 42.4 Å². The van der Waals surface area contributed by atoms with E-state index in [0.29, 0.717) is 5.69 Å². The van der Waals surface area contributed by atoms with Crippen molar-refractivity contribution in [2.24, 2.45) is 0 Å². The molecule has 0 saturated carbocycles. The minimum Gasteiger partial charge on any atom is -0.415 e. The van der Waals surface area contributed by atoms with Crippen LogP contribution in [0.3, 0.4) is 0 Å². The lowest BCUT2D eigenvalue weighted by atomic mass is 10.1. The highest BCUT2D eigenvalue weighted by molar-refractivity contribution is 7.93. The molecule has 1 saturated heterocycles. The van der Waals surface area contributed by atoms with E-state index in [1.165, 1.54) is 21.9 Å². The zero-order chi connectivity index (χ0) is 24.5. The van der Waals surface area contributed by atoms with Crippen LogP contribution in [0.4, 0.5) is 23.7 Å². The number of halogens is 3. The monoisotopic (exact) mass is 493 g/mol. The summed E-state index contributed by atoms with van der Waals surface area (Å²) in [6, 6.07) is 12.3. The molecule has 4 rings (SSSR count). The van der Waals surface area contributed by atoms with Gasteiger partial charge in [0.2, 0.25) is 5.89 Å². The number of carbonyl (C=O) groups excluding carboxylic acids is 1. The van der Waals surface area contributed by atoms with Gasteiger partial charge in [0, 0.05) is 35.7 Å². The molecule has 8 nitrogen and oxygen atoms in total. The summed E-state index contributed by atoms with van der Waals surface area (Å²) in [7, 11) is -2.76. The topological polar surface area (TPSA) is 103 Å². The smallest absolute Gasteiger partial charge is 0.324 e. The average Bonchev–Trinajstić information content (AvgIpc) is 3.31. The van der Waals surface area contributed by atoms with Crippen molar-refractivity contribution >= 4 is 21.4 Å². The fourth-order valence-corrected chi connectivity index (χ4v) is 4.92. The number of hydrogen-bond acceptors (Lipinski definition) is 6. The molecule has 34 heavy (non-hydrogen) atoms. The number of alkyl halides is 2. The fourth-order valence-electron chi connectivity index (χ4n) is 3.61. The molecule has 3 aromatic rings. The van der Waals surface area contributed by atoms with Crippen molar-refractivity contribution in [2.45, 2.75) is 25.1 Å². The molecule has 2 amide bonds. The van der Waals surface area contributed by atoms with Gasteiger partial charge in [0.25, 0.3) is 5.89 Å². The molecular weight excluding hydrogens is 471 g/mol. The van der Waals surface area contributed by atoms with Gasteiger partial charge in [-0.25, -0.2) is 13.4 Å². The van der Waals surface area contributed by atoms with Crippen LogP contribution in [0, 0.1) is 10.6 Å². The molecule has 1 N–H and O–H groups in total. The van der Waals surface area contributed by atoms with Gasteiger partial charge in [0.15, 0.2) is 0 Å². The zero-order valence-corrected chi connectivity index (χ0v) is 19.0. The van der Waals surface area contributed by atoms with Crippen LogP contribution < -0.4 is 4.90 Å². The largest absolute Gasteiger partial charge is 0.415 e. The molecule has 180 valence electrons. The van der Waals surface area contributed by atoms with E-state index in [2.05, 4.69) is 10.2 Å². The number of hydrogen-bond donors (Lipinski definition) is 1. The van der Waals surface area contributed by atoms with Gasteiger partial charge in [-0.3, -0.25) is 9.68 Å². The Labute approximate surface area is 194 Å². The van der Waals surface area contributed by atoms with Gasteiger partial charge in [-0.05, 0) is 31.2 Å². The van der Waals surface area contributed by atoms with Gasteiger partial charge in [0.05, 0.1) is 21.5 Å². The number of para-hydroxylation sites is 1. The second-order valence-corrected chi connectivity index (χ2v) is 10.6. The molecule has 2 unspecified atom stereocenters. The lowest BCUT2D eigenvalue weighted by Crippen LogP contribution is -2.52. The number of aromatic nitrogens is 2. The highest BCUT2D eigenvalue weighted by Gasteiger charge is 2.32. The minimum absolute atomic E-state index is 0.0797. The molecule has 0 spiro atoms. The average molecular weight is 494 g/mol.